The van der Waals surface area contributed by atoms with Crippen LogP contribution in [0.4, 0.5) is 5.69 Å². The highest BCUT2D eigenvalue weighted by atomic mass is 79.9. The summed E-state index contributed by atoms with van der Waals surface area (Å²) in [7, 11) is 0. The highest BCUT2D eigenvalue weighted by molar-refractivity contribution is 9.10. The first-order valence-electron chi connectivity index (χ1n) is 6.73. The number of hydrogen-bond donors (Lipinski definition) is 2. The molecule has 0 amide bonds. The van der Waals surface area contributed by atoms with Crippen molar-refractivity contribution in [2.24, 2.45) is 5.41 Å². The van der Waals surface area contributed by atoms with Crippen LogP contribution in [0.1, 0.15) is 31.7 Å². The lowest BCUT2D eigenvalue weighted by atomic mass is 9.86. The molecule has 1 aromatic carbocycles. The van der Waals surface area contributed by atoms with Crippen LogP contribution in [0.25, 0.3) is 0 Å². The number of halogens is 1. The van der Waals surface area contributed by atoms with Crippen molar-refractivity contribution in [2.75, 3.05) is 6.61 Å². The van der Waals surface area contributed by atoms with Gasteiger partial charge in [0.15, 0.2) is 0 Å². The largest absolute Gasteiger partial charge is 0.396 e. The second-order valence-electron chi connectivity index (χ2n) is 5.68. The number of aliphatic hydroxyl groups is 1. The summed E-state index contributed by atoms with van der Waals surface area (Å²) in [6.07, 6.45) is 3.16. The number of nitrogens with zero attached hydrogens (tertiary/aromatic N) is 1. The van der Waals surface area contributed by atoms with E-state index >= 15 is 0 Å². The Morgan fingerprint density at radius 2 is 2.35 bits per heavy atom. The van der Waals surface area contributed by atoms with E-state index < -0.39 is 0 Å². The number of nitrogens with one attached hydrogen (secondary N) is 1. The molecule has 5 nitrogen and oxygen atoms in total. The van der Waals surface area contributed by atoms with Gasteiger partial charge in [-0.15, -0.1) is 0 Å². The lowest BCUT2D eigenvalue weighted by molar-refractivity contribution is -0.385. The summed E-state index contributed by atoms with van der Waals surface area (Å²) < 4.78 is 0.493. The van der Waals surface area contributed by atoms with Gasteiger partial charge < -0.3 is 10.4 Å². The first-order valence-corrected chi connectivity index (χ1v) is 7.52. The van der Waals surface area contributed by atoms with Crippen LogP contribution < -0.4 is 5.32 Å². The molecule has 1 aromatic rings. The van der Waals surface area contributed by atoms with Crippen molar-refractivity contribution < 1.29 is 10.0 Å². The second kappa shape index (κ2) is 6.20. The van der Waals surface area contributed by atoms with E-state index in [4.69, 9.17) is 0 Å². The minimum absolute atomic E-state index is 0.0820. The molecule has 0 heterocycles. The summed E-state index contributed by atoms with van der Waals surface area (Å²) in [4.78, 5) is 10.5. The van der Waals surface area contributed by atoms with Gasteiger partial charge in [-0.05, 0) is 40.4 Å². The monoisotopic (exact) mass is 342 g/mol. The topological polar surface area (TPSA) is 75.4 Å². The van der Waals surface area contributed by atoms with E-state index in [2.05, 4.69) is 28.2 Å². The number of nitro groups is 1. The van der Waals surface area contributed by atoms with Crippen LogP contribution in [0.2, 0.25) is 0 Å². The predicted octanol–water partition coefficient (Wildman–Crippen LogP) is 3.00. The molecule has 0 radical (unpaired) electrons. The maximum atomic E-state index is 10.9. The third-order valence-corrected chi connectivity index (χ3v) is 4.87. The first kappa shape index (κ1) is 15.4. The number of nitro benzene ring substituents is 1. The Labute approximate surface area is 126 Å². The van der Waals surface area contributed by atoms with Crippen LogP contribution in [0.15, 0.2) is 22.7 Å². The van der Waals surface area contributed by atoms with Gasteiger partial charge in [0.1, 0.15) is 0 Å². The summed E-state index contributed by atoms with van der Waals surface area (Å²) in [5.74, 6) is 0. The highest BCUT2D eigenvalue weighted by Gasteiger charge is 2.37. The van der Waals surface area contributed by atoms with Crippen LogP contribution in [0.5, 0.6) is 0 Å². The maximum absolute atomic E-state index is 10.9. The SMILES string of the molecule is CC1(CO)CCCC1NCc1ccc(Br)c([N+](=O)[O-])c1. The van der Waals surface area contributed by atoms with Crippen LogP contribution in [-0.2, 0) is 6.54 Å². The first-order chi connectivity index (χ1) is 9.46. The molecule has 110 valence electrons. The van der Waals surface area contributed by atoms with Crippen molar-refractivity contribution >= 4 is 21.6 Å². The van der Waals surface area contributed by atoms with E-state index in [1.54, 1.807) is 12.1 Å². The zero-order valence-electron chi connectivity index (χ0n) is 11.4. The van der Waals surface area contributed by atoms with Crippen LogP contribution in [0.3, 0.4) is 0 Å². The molecule has 2 unspecified atom stereocenters. The van der Waals surface area contributed by atoms with Crippen molar-refractivity contribution in [1.29, 1.82) is 0 Å². The molecule has 20 heavy (non-hydrogen) atoms. The molecule has 0 saturated heterocycles. The average molecular weight is 343 g/mol. The fourth-order valence-electron chi connectivity index (χ4n) is 2.82. The van der Waals surface area contributed by atoms with Gasteiger partial charge in [0.05, 0.1) is 9.40 Å². The standard InChI is InChI=1S/C14H19BrN2O3/c1-14(9-18)6-2-3-13(14)16-8-10-4-5-11(15)12(7-10)17(19)20/h4-5,7,13,16,18H,2-3,6,8-9H2,1H3. The summed E-state index contributed by atoms with van der Waals surface area (Å²) in [5.41, 5.74) is 0.883. The minimum Gasteiger partial charge on any atom is -0.396 e. The van der Waals surface area contributed by atoms with Crippen LogP contribution in [-0.4, -0.2) is 22.7 Å². The van der Waals surface area contributed by atoms with E-state index in [0.29, 0.717) is 11.0 Å². The van der Waals surface area contributed by atoms with E-state index in [1.807, 2.05) is 6.07 Å². The number of benzene rings is 1. The normalized spacial score (nSPS) is 25.9. The van der Waals surface area contributed by atoms with Crippen LogP contribution in [0, 0.1) is 15.5 Å². The van der Waals surface area contributed by atoms with Gasteiger partial charge in [-0.2, -0.15) is 0 Å². The molecule has 0 spiro atoms. The van der Waals surface area contributed by atoms with Gasteiger partial charge in [-0.1, -0.05) is 19.4 Å². The average Bonchev–Trinajstić information content (AvgIpc) is 2.79. The molecule has 2 N–H and O–H groups in total. The van der Waals surface area contributed by atoms with Crippen molar-refractivity contribution in [3.05, 3.63) is 38.3 Å². The zero-order valence-corrected chi connectivity index (χ0v) is 13.0. The molecule has 1 saturated carbocycles. The van der Waals surface area contributed by atoms with E-state index in [1.165, 1.54) is 0 Å². The molecule has 2 atom stereocenters. The summed E-state index contributed by atoms with van der Waals surface area (Å²) >= 11 is 3.18. The molecule has 2 rings (SSSR count). The molecular formula is C14H19BrN2O3. The third-order valence-electron chi connectivity index (χ3n) is 4.20. The molecule has 0 aromatic heterocycles. The Kier molecular flexibility index (Phi) is 4.78. The highest BCUT2D eigenvalue weighted by Crippen LogP contribution is 2.37. The van der Waals surface area contributed by atoms with Gasteiger partial charge in [-0.3, -0.25) is 10.1 Å². The smallest absolute Gasteiger partial charge is 0.283 e. The number of hydrogen-bond acceptors (Lipinski definition) is 4. The number of aliphatic hydroxyl groups excluding tert-OH is 1. The summed E-state index contributed by atoms with van der Waals surface area (Å²) in [6, 6.07) is 5.42. The molecule has 6 heteroatoms. The molecule has 0 aliphatic heterocycles. The molecule has 1 aliphatic carbocycles. The van der Waals surface area contributed by atoms with E-state index in [9.17, 15) is 15.2 Å². The van der Waals surface area contributed by atoms with Crippen molar-refractivity contribution in [3.8, 4) is 0 Å². The van der Waals surface area contributed by atoms with Crippen molar-refractivity contribution in [3.63, 3.8) is 0 Å². The fourth-order valence-corrected chi connectivity index (χ4v) is 3.21. The Hall–Kier alpha value is -0.980. The molecule has 0 bridgehead atoms. The van der Waals surface area contributed by atoms with Crippen LogP contribution >= 0.6 is 15.9 Å². The fraction of sp³-hybridized carbons (Fsp3) is 0.571. The Morgan fingerprint density at radius 1 is 1.60 bits per heavy atom. The van der Waals surface area contributed by atoms with E-state index in [0.717, 1.165) is 24.8 Å². The Bertz CT molecular complexity index is 509. The molecular weight excluding hydrogens is 324 g/mol. The lowest BCUT2D eigenvalue weighted by Gasteiger charge is -2.30. The predicted molar refractivity (Wildman–Crippen MR) is 80.5 cm³/mol. The van der Waals surface area contributed by atoms with Gasteiger partial charge >= 0.3 is 0 Å². The summed E-state index contributed by atoms with van der Waals surface area (Å²) in [6.45, 7) is 2.83. The van der Waals surface area contributed by atoms with Crippen molar-refractivity contribution in [2.45, 2.75) is 38.8 Å². The van der Waals surface area contributed by atoms with Gasteiger partial charge in [0.2, 0.25) is 0 Å². The molecule has 1 fully saturated rings. The van der Waals surface area contributed by atoms with Gasteiger partial charge in [0.25, 0.3) is 5.69 Å². The second-order valence-corrected chi connectivity index (χ2v) is 6.54. The number of rotatable bonds is 5. The third kappa shape index (κ3) is 3.19. The van der Waals surface area contributed by atoms with Crippen molar-refractivity contribution in [1.82, 2.24) is 5.32 Å². The lowest BCUT2D eigenvalue weighted by Crippen LogP contribution is -2.41. The molecule has 1 aliphatic rings. The maximum Gasteiger partial charge on any atom is 0.283 e. The summed E-state index contributed by atoms with van der Waals surface area (Å²) in [5, 5.41) is 23.8. The quantitative estimate of drug-likeness (QED) is 0.637. The van der Waals surface area contributed by atoms with E-state index in [-0.39, 0.29) is 28.7 Å². The zero-order chi connectivity index (χ0) is 14.8. The Balaban J connectivity index is 2.04. The van der Waals surface area contributed by atoms with Gasteiger partial charge in [-0.25, -0.2) is 0 Å². The van der Waals surface area contributed by atoms with Gasteiger partial charge in [0, 0.05) is 30.7 Å². The minimum atomic E-state index is -0.388. The Morgan fingerprint density at radius 3 is 3.00 bits per heavy atom.